The third-order valence-electron chi connectivity index (χ3n) is 5.57. The minimum Gasteiger partial charge on any atom is -0.440 e. The van der Waals surface area contributed by atoms with Crippen molar-refractivity contribution in [1.29, 1.82) is 0 Å². The van der Waals surface area contributed by atoms with Crippen molar-refractivity contribution in [3.8, 4) is 0 Å². The fourth-order valence-corrected chi connectivity index (χ4v) is 4.01. The van der Waals surface area contributed by atoms with Gasteiger partial charge in [0.25, 0.3) is 0 Å². The third kappa shape index (κ3) is 5.97. The van der Waals surface area contributed by atoms with Gasteiger partial charge >= 0.3 is 6.09 Å². The predicted octanol–water partition coefficient (Wildman–Crippen LogP) is 7.75. The summed E-state index contributed by atoms with van der Waals surface area (Å²) < 4.78 is 6.32. The van der Waals surface area contributed by atoms with Gasteiger partial charge in [-0.15, -0.1) is 0 Å². The quantitative estimate of drug-likeness (QED) is 0.357. The molecule has 0 fully saturated rings. The van der Waals surface area contributed by atoms with Gasteiger partial charge in [-0.25, -0.2) is 4.79 Å². The van der Waals surface area contributed by atoms with E-state index in [1.54, 1.807) is 4.90 Å². The van der Waals surface area contributed by atoms with Crippen LogP contribution in [0.5, 0.6) is 0 Å². The molecule has 0 aliphatic rings. The van der Waals surface area contributed by atoms with Gasteiger partial charge in [0.05, 0.1) is 0 Å². The van der Waals surface area contributed by atoms with Crippen LogP contribution in [0, 0.1) is 0 Å². The molecular formula is C28H33NO2. The highest BCUT2D eigenvalue weighted by molar-refractivity contribution is 5.88. The summed E-state index contributed by atoms with van der Waals surface area (Å²) in [5.41, 5.74) is 3.07. The Balaban J connectivity index is 1.97. The minimum atomic E-state index is -0.354. The van der Waals surface area contributed by atoms with E-state index in [1.165, 1.54) is 5.56 Å². The Morgan fingerprint density at radius 1 is 0.806 bits per heavy atom. The van der Waals surface area contributed by atoms with E-state index in [9.17, 15) is 4.79 Å². The number of nitrogens with zero attached hydrogens (tertiary/aromatic N) is 1. The van der Waals surface area contributed by atoms with Crippen molar-refractivity contribution in [3.05, 3.63) is 102 Å². The zero-order valence-electron chi connectivity index (χ0n) is 18.8. The topological polar surface area (TPSA) is 29.5 Å². The van der Waals surface area contributed by atoms with Gasteiger partial charge in [-0.1, -0.05) is 98.6 Å². The fourth-order valence-electron chi connectivity index (χ4n) is 4.01. The van der Waals surface area contributed by atoms with E-state index in [0.717, 1.165) is 30.5 Å². The molecule has 162 valence electrons. The predicted molar refractivity (Wildman–Crippen MR) is 128 cm³/mol. The van der Waals surface area contributed by atoms with E-state index in [4.69, 9.17) is 4.74 Å². The van der Waals surface area contributed by atoms with Gasteiger partial charge in [-0.3, -0.25) is 4.90 Å². The van der Waals surface area contributed by atoms with Gasteiger partial charge in [-0.05, 0) is 43.5 Å². The van der Waals surface area contributed by atoms with Gasteiger partial charge in [0.1, 0.15) is 6.10 Å². The fraction of sp³-hybridized carbons (Fsp3) is 0.321. The van der Waals surface area contributed by atoms with Gasteiger partial charge in [0, 0.05) is 17.6 Å². The molecule has 3 heteroatoms. The molecule has 3 aromatic rings. The highest BCUT2D eigenvalue weighted by Gasteiger charge is 2.31. The van der Waals surface area contributed by atoms with Crippen LogP contribution in [0.25, 0.3) is 0 Å². The zero-order valence-corrected chi connectivity index (χ0v) is 18.8. The second kappa shape index (κ2) is 11.4. The number of hydrogen-bond donors (Lipinski definition) is 0. The first-order valence-corrected chi connectivity index (χ1v) is 11.3. The van der Waals surface area contributed by atoms with Crippen LogP contribution in [-0.4, -0.2) is 12.1 Å². The van der Waals surface area contributed by atoms with E-state index in [1.807, 2.05) is 68.4 Å². The van der Waals surface area contributed by atoms with Crippen molar-refractivity contribution in [3.63, 3.8) is 0 Å². The summed E-state index contributed by atoms with van der Waals surface area (Å²) in [6.07, 6.45) is 2.47. The van der Waals surface area contributed by atoms with Gasteiger partial charge in [0.15, 0.2) is 0 Å². The van der Waals surface area contributed by atoms with Crippen LogP contribution in [0.1, 0.15) is 63.2 Å². The number of hydrogen-bond acceptors (Lipinski definition) is 2. The number of para-hydroxylation sites is 1. The molecule has 0 bridgehead atoms. The molecule has 2 atom stereocenters. The molecule has 3 aromatic carbocycles. The molecule has 0 aliphatic carbocycles. The maximum Gasteiger partial charge on any atom is 0.415 e. The summed E-state index contributed by atoms with van der Waals surface area (Å²) in [7, 11) is 0. The Labute approximate surface area is 186 Å². The van der Waals surface area contributed by atoms with Crippen molar-refractivity contribution in [2.75, 3.05) is 4.90 Å². The molecule has 3 nitrogen and oxygen atoms in total. The summed E-state index contributed by atoms with van der Waals surface area (Å²) in [4.78, 5) is 15.2. The third-order valence-corrected chi connectivity index (χ3v) is 5.57. The van der Waals surface area contributed by atoms with E-state index >= 15 is 0 Å². The summed E-state index contributed by atoms with van der Waals surface area (Å²) in [5, 5.41) is 0. The number of amides is 1. The molecule has 0 spiro atoms. The smallest absolute Gasteiger partial charge is 0.415 e. The maximum atomic E-state index is 13.5. The molecule has 1 amide bonds. The number of rotatable bonds is 9. The van der Waals surface area contributed by atoms with Crippen LogP contribution in [0.4, 0.5) is 10.5 Å². The summed E-state index contributed by atoms with van der Waals surface area (Å²) in [6.45, 7) is 6.22. The van der Waals surface area contributed by atoms with Crippen molar-refractivity contribution in [2.45, 2.75) is 58.1 Å². The number of unbranched alkanes of at least 4 members (excludes halogenated alkanes) is 1. The van der Waals surface area contributed by atoms with Crippen LogP contribution in [-0.2, 0) is 4.74 Å². The van der Waals surface area contributed by atoms with Crippen LogP contribution < -0.4 is 4.90 Å². The molecule has 0 saturated heterocycles. The van der Waals surface area contributed by atoms with Crippen LogP contribution in [0.2, 0.25) is 0 Å². The Morgan fingerprint density at radius 2 is 1.32 bits per heavy atom. The highest BCUT2D eigenvalue weighted by Crippen LogP contribution is 2.38. The van der Waals surface area contributed by atoms with E-state index < -0.39 is 0 Å². The summed E-state index contributed by atoms with van der Waals surface area (Å²) >= 11 is 0. The van der Waals surface area contributed by atoms with E-state index in [0.29, 0.717) is 0 Å². The molecule has 0 aromatic heterocycles. The van der Waals surface area contributed by atoms with Crippen LogP contribution >= 0.6 is 0 Å². The van der Waals surface area contributed by atoms with Gasteiger partial charge < -0.3 is 4.74 Å². The second-order valence-electron chi connectivity index (χ2n) is 8.17. The zero-order chi connectivity index (χ0) is 22.1. The normalized spacial score (nSPS) is 12.9. The Morgan fingerprint density at radius 3 is 1.84 bits per heavy atom. The molecule has 31 heavy (non-hydrogen) atoms. The average molecular weight is 416 g/mol. The SMILES string of the molecule is CCCC[C@H](c1ccccc1)[C@@H](OC(=O)N(c1ccccc1)C(C)C)c1ccccc1. The lowest BCUT2D eigenvalue weighted by molar-refractivity contribution is 0.0829. The first-order valence-electron chi connectivity index (χ1n) is 11.3. The number of carbonyl (C=O) groups is 1. The largest absolute Gasteiger partial charge is 0.440 e. The van der Waals surface area contributed by atoms with E-state index in [2.05, 4.69) is 43.3 Å². The summed E-state index contributed by atoms with van der Waals surface area (Å²) in [6, 6.07) is 30.3. The molecule has 0 heterocycles. The Kier molecular flexibility index (Phi) is 8.28. The highest BCUT2D eigenvalue weighted by atomic mass is 16.6. The first kappa shape index (κ1) is 22.6. The molecule has 0 saturated carbocycles. The van der Waals surface area contributed by atoms with E-state index in [-0.39, 0.29) is 24.2 Å². The summed E-state index contributed by atoms with van der Waals surface area (Å²) in [5.74, 6) is 0.0947. The van der Waals surface area contributed by atoms with Crippen molar-refractivity contribution in [1.82, 2.24) is 0 Å². The lowest BCUT2D eigenvalue weighted by atomic mass is 9.85. The number of benzene rings is 3. The lowest BCUT2D eigenvalue weighted by Gasteiger charge is -2.32. The molecule has 0 unspecified atom stereocenters. The monoisotopic (exact) mass is 415 g/mol. The number of anilines is 1. The second-order valence-corrected chi connectivity index (χ2v) is 8.17. The number of ether oxygens (including phenoxy) is 1. The molecular weight excluding hydrogens is 382 g/mol. The Hall–Kier alpha value is -3.07. The molecule has 0 aliphatic heterocycles. The molecule has 3 rings (SSSR count). The number of carbonyl (C=O) groups excluding carboxylic acids is 1. The molecule has 0 radical (unpaired) electrons. The van der Waals surface area contributed by atoms with Crippen molar-refractivity contribution < 1.29 is 9.53 Å². The maximum absolute atomic E-state index is 13.5. The first-order chi connectivity index (χ1) is 15.1. The van der Waals surface area contributed by atoms with Crippen molar-refractivity contribution in [2.24, 2.45) is 0 Å². The van der Waals surface area contributed by atoms with Gasteiger partial charge in [-0.2, -0.15) is 0 Å². The molecule has 0 N–H and O–H groups in total. The van der Waals surface area contributed by atoms with Crippen LogP contribution in [0.3, 0.4) is 0 Å². The average Bonchev–Trinajstić information content (AvgIpc) is 2.80. The standard InChI is InChI=1S/C28H33NO2/c1-4-5-21-26(23-15-9-6-10-16-23)27(24-17-11-7-12-18-24)31-28(30)29(22(2)3)25-19-13-8-14-20-25/h6-20,22,26-27H,4-5,21H2,1-3H3/t26-,27+/m1/s1. The van der Waals surface area contributed by atoms with Crippen LogP contribution in [0.15, 0.2) is 91.0 Å². The van der Waals surface area contributed by atoms with Gasteiger partial charge in [0.2, 0.25) is 0 Å². The Bertz CT molecular complexity index is 910. The van der Waals surface area contributed by atoms with Crippen molar-refractivity contribution >= 4 is 11.8 Å². The lowest BCUT2D eigenvalue weighted by Crippen LogP contribution is -2.38. The minimum absolute atomic E-state index is 0.0165.